The standard InChI is InChI=1S/C14H17NO2S/c1-10(14-4-3-7-18-14)15-9-11-5-6-12(16)13(8-11)17-2/h3-8,10,15-16H,9H2,1-2H3/t10-/m1/s1. The topological polar surface area (TPSA) is 41.5 Å². The molecule has 0 radical (unpaired) electrons. The number of hydrogen-bond acceptors (Lipinski definition) is 4. The Morgan fingerprint density at radius 2 is 2.22 bits per heavy atom. The van der Waals surface area contributed by atoms with Crippen molar-refractivity contribution in [1.29, 1.82) is 0 Å². The maximum Gasteiger partial charge on any atom is 0.160 e. The number of benzene rings is 1. The first-order valence-corrected chi connectivity index (χ1v) is 6.71. The van der Waals surface area contributed by atoms with Gasteiger partial charge in [-0.05, 0) is 36.1 Å². The normalized spacial score (nSPS) is 12.3. The SMILES string of the molecule is COc1cc(CN[C@H](C)c2cccs2)ccc1O. The Morgan fingerprint density at radius 1 is 1.39 bits per heavy atom. The molecule has 0 saturated heterocycles. The number of phenolic OH excluding ortho intramolecular Hbond substituents is 1. The molecule has 0 amide bonds. The van der Waals surface area contributed by atoms with Gasteiger partial charge < -0.3 is 15.2 Å². The van der Waals surface area contributed by atoms with Gasteiger partial charge in [0.1, 0.15) is 0 Å². The maximum atomic E-state index is 9.52. The van der Waals surface area contributed by atoms with E-state index in [-0.39, 0.29) is 5.75 Å². The van der Waals surface area contributed by atoms with Crippen LogP contribution >= 0.6 is 11.3 Å². The molecular weight excluding hydrogens is 246 g/mol. The molecule has 0 unspecified atom stereocenters. The van der Waals surface area contributed by atoms with Crippen molar-refractivity contribution < 1.29 is 9.84 Å². The highest BCUT2D eigenvalue weighted by atomic mass is 32.1. The number of aromatic hydroxyl groups is 1. The minimum Gasteiger partial charge on any atom is -0.504 e. The third kappa shape index (κ3) is 3.03. The van der Waals surface area contributed by atoms with Crippen LogP contribution in [0, 0.1) is 0 Å². The molecular formula is C14H17NO2S. The van der Waals surface area contributed by atoms with Crippen LogP contribution in [0.1, 0.15) is 23.4 Å². The highest BCUT2D eigenvalue weighted by molar-refractivity contribution is 7.10. The summed E-state index contributed by atoms with van der Waals surface area (Å²) in [5, 5.41) is 15.0. The molecule has 96 valence electrons. The van der Waals surface area contributed by atoms with E-state index in [1.54, 1.807) is 24.5 Å². The quantitative estimate of drug-likeness (QED) is 0.869. The third-order valence-electron chi connectivity index (χ3n) is 2.83. The first kappa shape index (κ1) is 12.9. The van der Waals surface area contributed by atoms with Crippen LogP contribution in [-0.2, 0) is 6.54 Å². The van der Waals surface area contributed by atoms with Crippen LogP contribution in [0.5, 0.6) is 11.5 Å². The van der Waals surface area contributed by atoms with E-state index in [9.17, 15) is 5.11 Å². The van der Waals surface area contributed by atoms with Gasteiger partial charge in [-0.2, -0.15) is 0 Å². The summed E-state index contributed by atoms with van der Waals surface area (Å²) in [5.74, 6) is 0.686. The van der Waals surface area contributed by atoms with Crippen molar-refractivity contribution in [1.82, 2.24) is 5.32 Å². The molecule has 2 N–H and O–H groups in total. The molecule has 4 heteroatoms. The van der Waals surface area contributed by atoms with E-state index in [1.165, 1.54) is 4.88 Å². The second-order valence-corrected chi connectivity index (χ2v) is 5.10. The van der Waals surface area contributed by atoms with E-state index >= 15 is 0 Å². The Balaban J connectivity index is 1.98. The first-order valence-electron chi connectivity index (χ1n) is 5.83. The Labute approximate surface area is 111 Å². The molecule has 1 aromatic carbocycles. The molecule has 0 spiro atoms. The third-order valence-corrected chi connectivity index (χ3v) is 3.88. The van der Waals surface area contributed by atoms with Gasteiger partial charge in [0, 0.05) is 17.5 Å². The van der Waals surface area contributed by atoms with Crippen molar-refractivity contribution in [3.8, 4) is 11.5 Å². The van der Waals surface area contributed by atoms with Crippen LogP contribution in [-0.4, -0.2) is 12.2 Å². The van der Waals surface area contributed by atoms with E-state index in [2.05, 4.69) is 29.8 Å². The van der Waals surface area contributed by atoms with Crippen LogP contribution < -0.4 is 10.1 Å². The average Bonchev–Trinajstić information content (AvgIpc) is 2.91. The van der Waals surface area contributed by atoms with E-state index in [0.29, 0.717) is 11.8 Å². The Morgan fingerprint density at radius 3 is 2.89 bits per heavy atom. The number of ether oxygens (including phenoxy) is 1. The predicted molar refractivity (Wildman–Crippen MR) is 74.2 cm³/mol. The minimum absolute atomic E-state index is 0.174. The number of phenols is 1. The number of methoxy groups -OCH3 is 1. The van der Waals surface area contributed by atoms with Crippen molar-refractivity contribution >= 4 is 11.3 Å². The summed E-state index contributed by atoms with van der Waals surface area (Å²) in [5.41, 5.74) is 1.09. The Bertz CT molecular complexity index is 497. The van der Waals surface area contributed by atoms with Crippen molar-refractivity contribution in [2.75, 3.05) is 7.11 Å². The summed E-state index contributed by atoms with van der Waals surface area (Å²) in [6, 6.07) is 9.91. The van der Waals surface area contributed by atoms with Gasteiger partial charge in [-0.15, -0.1) is 11.3 Å². The molecule has 0 aliphatic rings. The molecule has 2 aromatic rings. The van der Waals surface area contributed by atoms with Gasteiger partial charge in [0.25, 0.3) is 0 Å². The van der Waals surface area contributed by atoms with Crippen LogP contribution in [0.4, 0.5) is 0 Å². The fourth-order valence-corrected chi connectivity index (χ4v) is 2.50. The maximum absolute atomic E-state index is 9.52. The molecule has 0 aliphatic carbocycles. The lowest BCUT2D eigenvalue weighted by molar-refractivity contribution is 0.372. The van der Waals surface area contributed by atoms with Gasteiger partial charge in [-0.25, -0.2) is 0 Å². The molecule has 2 rings (SSSR count). The zero-order valence-corrected chi connectivity index (χ0v) is 11.3. The highest BCUT2D eigenvalue weighted by Gasteiger charge is 2.07. The van der Waals surface area contributed by atoms with Crippen molar-refractivity contribution in [2.45, 2.75) is 19.5 Å². The summed E-state index contributed by atoms with van der Waals surface area (Å²) < 4.78 is 5.09. The number of nitrogens with one attached hydrogen (secondary N) is 1. The number of thiophene rings is 1. The van der Waals surface area contributed by atoms with Crippen molar-refractivity contribution in [2.24, 2.45) is 0 Å². The van der Waals surface area contributed by atoms with E-state index in [1.807, 2.05) is 12.1 Å². The Kier molecular flexibility index (Phi) is 4.23. The van der Waals surface area contributed by atoms with Gasteiger partial charge >= 0.3 is 0 Å². The lowest BCUT2D eigenvalue weighted by atomic mass is 10.2. The Hall–Kier alpha value is -1.52. The van der Waals surface area contributed by atoms with Crippen LogP contribution in [0.15, 0.2) is 35.7 Å². The predicted octanol–water partition coefficient (Wildman–Crippen LogP) is 3.31. The average molecular weight is 263 g/mol. The molecule has 0 saturated carbocycles. The summed E-state index contributed by atoms with van der Waals surface area (Å²) >= 11 is 1.75. The highest BCUT2D eigenvalue weighted by Crippen LogP contribution is 2.26. The zero-order chi connectivity index (χ0) is 13.0. The zero-order valence-electron chi connectivity index (χ0n) is 10.5. The van der Waals surface area contributed by atoms with Gasteiger partial charge in [-0.3, -0.25) is 0 Å². The summed E-state index contributed by atoms with van der Waals surface area (Å²) in [6.45, 7) is 2.89. The van der Waals surface area contributed by atoms with E-state index in [4.69, 9.17) is 4.74 Å². The summed E-state index contributed by atoms with van der Waals surface area (Å²) in [7, 11) is 1.56. The van der Waals surface area contributed by atoms with Crippen LogP contribution in [0.2, 0.25) is 0 Å². The van der Waals surface area contributed by atoms with E-state index < -0.39 is 0 Å². The molecule has 1 aromatic heterocycles. The van der Waals surface area contributed by atoms with Crippen LogP contribution in [0.3, 0.4) is 0 Å². The van der Waals surface area contributed by atoms with E-state index in [0.717, 1.165) is 12.1 Å². The second-order valence-electron chi connectivity index (χ2n) is 4.12. The minimum atomic E-state index is 0.174. The molecule has 18 heavy (non-hydrogen) atoms. The largest absolute Gasteiger partial charge is 0.504 e. The van der Waals surface area contributed by atoms with Gasteiger partial charge in [0.15, 0.2) is 11.5 Å². The lowest BCUT2D eigenvalue weighted by Gasteiger charge is -2.13. The molecule has 1 atom stereocenters. The fraction of sp³-hybridized carbons (Fsp3) is 0.286. The molecule has 3 nitrogen and oxygen atoms in total. The molecule has 1 heterocycles. The fourth-order valence-electron chi connectivity index (χ4n) is 1.74. The monoisotopic (exact) mass is 263 g/mol. The first-order chi connectivity index (χ1) is 8.70. The number of rotatable bonds is 5. The lowest BCUT2D eigenvalue weighted by Crippen LogP contribution is -2.17. The number of hydrogen-bond donors (Lipinski definition) is 2. The summed E-state index contributed by atoms with van der Waals surface area (Å²) in [4.78, 5) is 1.32. The smallest absolute Gasteiger partial charge is 0.160 e. The summed E-state index contributed by atoms with van der Waals surface area (Å²) in [6.07, 6.45) is 0. The second kappa shape index (κ2) is 5.89. The molecule has 0 aliphatic heterocycles. The van der Waals surface area contributed by atoms with Crippen molar-refractivity contribution in [3.63, 3.8) is 0 Å². The van der Waals surface area contributed by atoms with Gasteiger partial charge in [0.05, 0.1) is 7.11 Å². The molecule has 0 fully saturated rings. The molecule has 0 bridgehead atoms. The van der Waals surface area contributed by atoms with Crippen LogP contribution in [0.25, 0.3) is 0 Å². The van der Waals surface area contributed by atoms with Gasteiger partial charge in [0.2, 0.25) is 0 Å². The van der Waals surface area contributed by atoms with Crippen molar-refractivity contribution in [3.05, 3.63) is 46.2 Å². The van der Waals surface area contributed by atoms with Gasteiger partial charge in [-0.1, -0.05) is 12.1 Å².